The van der Waals surface area contributed by atoms with Crippen molar-refractivity contribution in [3.8, 4) is 11.9 Å². The molecule has 24 heavy (non-hydrogen) atoms. The molecule has 2 aromatic heterocycles. The minimum absolute atomic E-state index is 0.0189. The second-order valence-electron chi connectivity index (χ2n) is 4.49. The molecule has 0 radical (unpaired) electrons. The molecular formula is C14H10F2N4O3S. The molecule has 0 bridgehead atoms. The summed E-state index contributed by atoms with van der Waals surface area (Å²) in [6.07, 6.45) is 0. The summed E-state index contributed by atoms with van der Waals surface area (Å²) in [5.41, 5.74) is -0.0424. The Bertz CT molecular complexity index is 910. The number of carbonyl (C=O) groups is 1. The van der Waals surface area contributed by atoms with Gasteiger partial charge in [-0.2, -0.15) is 9.97 Å². The third-order valence-electron chi connectivity index (χ3n) is 2.94. The molecule has 10 heteroatoms. The maximum Gasteiger partial charge on any atom is 0.320 e. The number of amides is 1. The number of anilines is 1. The average Bonchev–Trinajstić information content (AvgIpc) is 2.96. The van der Waals surface area contributed by atoms with Gasteiger partial charge < -0.3 is 9.47 Å². The predicted octanol–water partition coefficient (Wildman–Crippen LogP) is 2.63. The van der Waals surface area contributed by atoms with Crippen LogP contribution in [0.15, 0.2) is 18.2 Å². The number of rotatable bonds is 4. The number of thiazole rings is 1. The second-order valence-corrected chi connectivity index (χ2v) is 5.52. The quantitative estimate of drug-likeness (QED) is 0.777. The SMILES string of the molecule is COc1cc(C(=O)Nc2nc3c(F)cc(F)cc3s2)nc(OC)n1. The smallest absolute Gasteiger partial charge is 0.320 e. The average molecular weight is 352 g/mol. The Morgan fingerprint density at radius 3 is 2.62 bits per heavy atom. The van der Waals surface area contributed by atoms with Crippen molar-refractivity contribution in [3.05, 3.63) is 35.5 Å². The lowest BCUT2D eigenvalue weighted by Gasteiger charge is -2.05. The summed E-state index contributed by atoms with van der Waals surface area (Å²) < 4.78 is 37.0. The van der Waals surface area contributed by atoms with E-state index in [0.29, 0.717) is 0 Å². The molecule has 0 unspecified atom stereocenters. The zero-order valence-corrected chi connectivity index (χ0v) is 13.3. The third kappa shape index (κ3) is 3.08. The lowest BCUT2D eigenvalue weighted by molar-refractivity contribution is 0.102. The monoisotopic (exact) mass is 352 g/mol. The van der Waals surface area contributed by atoms with Crippen molar-refractivity contribution < 1.29 is 23.0 Å². The van der Waals surface area contributed by atoms with E-state index in [1.807, 2.05) is 0 Å². The van der Waals surface area contributed by atoms with Gasteiger partial charge in [-0.3, -0.25) is 10.1 Å². The predicted molar refractivity (Wildman–Crippen MR) is 82.6 cm³/mol. The first-order valence-corrected chi connectivity index (χ1v) is 7.36. The van der Waals surface area contributed by atoms with E-state index in [0.717, 1.165) is 23.5 Å². The Labute approximate surface area is 138 Å². The van der Waals surface area contributed by atoms with E-state index in [2.05, 4.69) is 20.3 Å². The molecular weight excluding hydrogens is 342 g/mol. The van der Waals surface area contributed by atoms with Crippen molar-refractivity contribution in [1.29, 1.82) is 0 Å². The van der Waals surface area contributed by atoms with Crippen molar-refractivity contribution in [1.82, 2.24) is 15.0 Å². The number of nitrogens with one attached hydrogen (secondary N) is 1. The van der Waals surface area contributed by atoms with Crippen LogP contribution in [-0.4, -0.2) is 35.1 Å². The molecule has 0 saturated heterocycles. The number of carbonyl (C=O) groups excluding carboxylic acids is 1. The minimum Gasteiger partial charge on any atom is -0.481 e. The summed E-state index contributed by atoms with van der Waals surface area (Å²) >= 11 is 0.940. The zero-order chi connectivity index (χ0) is 17.3. The summed E-state index contributed by atoms with van der Waals surface area (Å²) in [5, 5.41) is 2.58. The number of hydrogen-bond donors (Lipinski definition) is 1. The van der Waals surface area contributed by atoms with Crippen molar-refractivity contribution in [3.63, 3.8) is 0 Å². The first-order valence-electron chi connectivity index (χ1n) is 6.54. The molecule has 2 heterocycles. The van der Waals surface area contributed by atoms with E-state index in [1.54, 1.807) is 0 Å². The Morgan fingerprint density at radius 2 is 1.92 bits per heavy atom. The fraction of sp³-hybridized carbons (Fsp3) is 0.143. The first-order chi connectivity index (χ1) is 11.5. The number of fused-ring (bicyclic) bond motifs is 1. The number of ether oxygens (including phenoxy) is 2. The van der Waals surface area contributed by atoms with Crippen LogP contribution in [0.4, 0.5) is 13.9 Å². The molecule has 0 spiro atoms. The summed E-state index contributed by atoms with van der Waals surface area (Å²) in [7, 11) is 2.73. The van der Waals surface area contributed by atoms with Gasteiger partial charge in [0, 0.05) is 12.1 Å². The Kier molecular flexibility index (Phi) is 4.21. The molecule has 0 aliphatic rings. The molecule has 1 amide bonds. The van der Waals surface area contributed by atoms with Crippen LogP contribution in [0.1, 0.15) is 10.5 Å². The normalized spacial score (nSPS) is 10.7. The van der Waals surface area contributed by atoms with Gasteiger partial charge in [0.1, 0.15) is 17.0 Å². The Hall–Kier alpha value is -2.88. The van der Waals surface area contributed by atoms with Gasteiger partial charge in [0.25, 0.3) is 5.91 Å². The Balaban J connectivity index is 1.91. The van der Waals surface area contributed by atoms with E-state index < -0.39 is 17.5 Å². The molecule has 0 atom stereocenters. The maximum absolute atomic E-state index is 13.7. The van der Waals surface area contributed by atoms with E-state index in [-0.39, 0.29) is 32.9 Å². The van der Waals surface area contributed by atoms with Gasteiger partial charge in [-0.1, -0.05) is 11.3 Å². The first kappa shape index (κ1) is 16.0. The minimum atomic E-state index is -0.799. The highest BCUT2D eigenvalue weighted by atomic mass is 32.1. The molecule has 0 aliphatic heterocycles. The number of aromatic nitrogens is 3. The summed E-state index contributed by atoms with van der Waals surface area (Å²) in [4.78, 5) is 24.0. The Morgan fingerprint density at radius 1 is 1.12 bits per heavy atom. The molecule has 1 aromatic carbocycles. The molecule has 1 N–H and O–H groups in total. The van der Waals surface area contributed by atoms with E-state index >= 15 is 0 Å². The molecule has 0 aliphatic carbocycles. The molecule has 3 rings (SSSR count). The largest absolute Gasteiger partial charge is 0.481 e. The van der Waals surface area contributed by atoms with Gasteiger partial charge in [0.15, 0.2) is 10.9 Å². The zero-order valence-electron chi connectivity index (χ0n) is 12.5. The van der Waals surface area contributed by atoms with Crippen LogP contribution in [0, 0.1) is 11.6 Å². The summed E-state index contributed by atoms with van der Waals surface area (Å²) in [6.45, 7) is 0. The second kappa shape index (κ2) is 6.32. The van der Waals surface area contributed by atoms with Crippen LogP contribution >= 0.6 is 11.3 Å². The molecule has 124 valence electrons. The van der Waals surface area contributed by atoms with Crippen molar-refractivity contribution in [2.75, 3.05) is 19.5 Å². The highest BCUT2D eigenvalue weighted by Gasteiger charge is 2.16. The molecule has 7 nitrogen and oxygen atoms in total. The van der Waals surface area contributed by atoms with Crippen LogP contribution in [0.5, 0.6) is 11.9 Å². The number of nitrogens with zero attached hydrogens (tertiary/aromatic N) is 3. The molecule has 3 aromatic rings. The number of hydrogen-bond acceptors (Lipinski definition) is 7. The maximum atomic E-state index is 13.7. The summed E-state index contributed by atoms with van der Waals surface area (Å²) in [6, 6.07) is 3.14. The fourth-order valence-corrected chi connectivity index (χ4v) is 2.79. The van der Waals surface area contributed by atoms with Crippen LogP contribution < -0.4 is 14.8 Å². The van der Waals surface area contributed by atoms with Crippen LogP contribution in [0.25, 0.3) is 10.2 Å². The van der Waals surface area contributed by atoms with Crippen LogP contribution in [0.2, 0.25) is 0 Å². The number of benzene rings is 1. The van der Waals surface area contributed by atoms with E-state index in [1.165, 1.54) is 20.3 Å². The van der Waals surface area contributed by atoms with Gasteiger partial charge in [0.2, 0.25) is 5.88 Å². The third-order valence-corrected chi connectivity index (χ3v) is 3.86. The standard InChI is InChI=1S/C14H10F2N4O3S/c1-22-10-5-8(17-13(18-10)23-2)12(21)20-14-19-11-7(16)3-6(15)4-9(11)24-14/h3-5H,1-2H3,(H,19,20,21). The number of halogens is 2. The molecule has 0 fully saturated rings. The lowest BCUT2D eigenvalue weighted by atomic mass is 10.3. The van der Waals surface area contributed by atoms with Crippen molar-refractivity contribution in [2.45, 2.75) is 0 Å². The summed E-state index contributed by atoms with van der Waals surface area (Å²) in [5.74, 6) is -1.99. The highest BCUT2D eigenvalue weighted by Crippen LogP contribution is 2.29. The van der Waals surface area contributed by atoms with E-state index in [9.17, 15) is 13.6 Å². The highest BCUT2D eigenvalue weighted by molar-refractivity contribution is 7.22. The van der Waals surface area contributed by atoms with Gasteiger partial charge in [-0.15, -0.1) is 0 Å². The van der Waals surface area contributed by atoms with Gasteiger partial charge in [-0.25, -0.2) is 13.8 Å². The molecule has 0 saturated carbocycles. The van der Waals surface area contributed by atoms with Crippen LogP contribution in [0.3, 0.4) is 0 Å². The van der Waals surface area contributed by atoms with Gasteiger partial charge >= 0.3 is 6.01 Å². The van der Waals surface area contributed by atoms with Crippen molar-refractivity contribution in [2.24, 2.45) is 0 Å². The van der Waals surface area contributed by atoms with Crippen molar-refractivity contribution >= 4 is 32.6 Å². The van der Waals surface area contributed by atoms with Gasteiger partial charge in [-0.05, 0) is 6.07 Å². The topological polar surface area (TPSA) is 86.2 Å². The van der Waals surface area contributed by atoms with Crippen LogP contribution in [-0.2, 0) is 0 Å². The number of methoxy groups -OCH3 is 2. The fourth-order valence-electron chi connectivity index (χ4n) is 1.89. The van der Waals surface area contributed by atoms with Gasteiger partial charge in [0.05, 0.1) is 18.9 Å². The lowest BCUT2D eigenvalue weighted by Crippen LogP contribution is -2.14. The van der Waals surface area contributed by atoms with E-state index in [4.69, 9.17) is 9.47 Å².